The molecule has 43 heavy (non-hydrogen) atoms. The van der Waals surface area contributed by atoms with Crippen LogP contribution >= 0.6 is 11.6 Å². The Kier molecular flexibility index (Phi) is 6.50. The third-order valence-electron chi connectivity index (χ3n) is 8.31. The number of benzene rings is 2. The molecule has 5 heterocycles. The molecular formula is C30H28ClN9O3. The van der Waals surface area contributed by atoms with Gasteiger partial charge in [-0.2, -0.15) is 10.1 Å². The van der Waals surface area contributed by atoms with E-state index in [4.69, 9.17) is 16.6 Å². The van der Waals surface area contributed by atoms with Gasteiger partial charge in [-0.05, 0) is 60.2 Å². The maximum absolute atomic E-state index is 12.4. The van der Waals surface area contributed by atoms with Gasteiger partial charge in [0.2, 0.25) is 11.9 Å². The van der Waals surface area contributed by atoms with Crippen LogP contribution in [0.25, 0.3) is 16.7 Å². The molecule has 5 aromatic rings. The number of rotatable bonds is 5. The number of nitrogens with zero attached hydrogens (tertiary/aromatic N) is 7. The number of hydrogen-bond acceptors (Lipinski definition) is 8. The van der Waals surface area contributed by atoms with Crippen LogP contribution in [0.15, 0.2) is 64.4 Å². The van der Waals surface area contributed by atoms with Crippen molar-refractivity contribution < 1.29 is 4.79 Å². The standard InChI is InChI=1S/C30H28ClN9O3/c1-37-23-6-4-20(13-19(23)15-26(37)42)33-27-22(31)16-32-29(35-27)39-10-7-17(8-11-39)18-3-5-21-24(14-18)38(2)36-28(21)40-12-9-25(41)34-30(40)43/h3-6,9,12-14,16-17H,7-8,10-11,15H2,1-2H3,(H,32,33,35)(H,34,41,43). The molecule has 1 fully saturated rings. The Morgan fingerprint density at radius 1 is 1.02 bits per heavy atom. The van der Waals surface area contributed by atoms with Gasteiger partial charge in [0.25, 0.3) is 5.56 Å². The van der Waals surface area contributed by atoms with Gasteiger partial charge in [-0.1, -0.05) is 17.7 Å². The van der Waals surface area contributed by atoms with Crippen molar-refractivity contribution in [2.45, 2.75) is 25.2 Å². The van der Waals surface area contributed by atoms with E-state index < -0.39 is 11.2 Å². The van der Waals surface area contributed by atoms with Gasteiger partial charge in [-0.15, -0.1) is 0 Å². The van der Waals surface area contributed by atoms with Crippen LogP contribution in [-0.4, -0.2) is 55.3 Å². The summed E-state index contributed by atoms with van der Waals surface area (Å²) in [6.07, 6.45) is 5.26. The zero-order valence-electron chi connectivity index (χ0n) is 23.5. The number of piperidine rings is 1. The van der Waals surface area contributed by atoms with Gasteiger partial charge in [0.05, 0.1) is 18.1 Å². The fourth-order valence-electron chi connectivity index (χ4n) is 5.97. The minimum Gasteiger partial charge on any atom is -0.341 e. The molecule has 0 atom stereocenters. The first-order valence-corrected chi connectivity index (χ1v) is 14.4. The molecule has 0 radical (unpaired) electrons. The van der Waals surface area contributed by atoms with E-state index in [-0.39, 0.29) is 5.91 Å². The average molecular weight is 598 g/mol. The molecular weight excluding hydrogens is 570 g/mol. The molecule has 0 spiro atoms. The third kappa shape index (κ3) is 4.83. The monoisotopic (exact) mass is 597 g/mol. The molecule has 7 rings (SSSR count). The topological polar surface area (TPSA) is 134 Å². The molecule has 0 unspecified atom stereocenters. The van der Waals surface area contributed by atoms with E-state index in [0.717, 1.165) is 53.8 Å². The number of carbonyl (C=O) groups excluding carboxylic acids is 1. The maximum atomic E-state index is 12.4. The predicted octanol–water partition coefficient (Wildman–Crippen LogP) is 3.50. The van der Waals surface area contributed by atoms with Crippen molar-refractivity contribution in [2.24, 2.45) is 7.05 Å². The second kappa shape index (κ2) is 10.4. The molecule has 0 aliphatic carbocycles. The van der Waals surface area contributed by atoms with E-state index in [1.807, 2.05) is 31.3 Å². The molecule has 1 saturated heterocycles. The lowest BCUT2D eigenvalue weighted by molar-refractivity contribution is -0.117. The van der Waals surface area contributed by atoms with Crippen molar-refractivity contribution in [3.8, 4) is 5.82 Å². The van der Waals surface area contributed by atoms with E-state index in [1.165, 1.54) is 22.4 Å². The zero-order chi connectivity index (χ0) is 29.8. The van der Waals surface area contributed by atoms with Crippen molar-refractivity contribution in [1.82, 2.24) is 29.3 Å². The number of anilines is 4. The number of aryl methyl sites for hydroxylation is 1. The predicted molar refractivity (Wildman–Crippen MR) is 165 cm³/mol. The number of halogens is 1. The van der Waals surface area contributed by atoms with Gasteiger partial charge >= 0.3 is 5.69 Å². The Morgan fingerprint density at radius 3 is 2.63 bits per heavy atom. The molecule has 2 aliphatic rings. The van der Waals surface area contributed by atoms with Gasteiger partial charge < -0.3 is 15.1 Å². The molecule has 2 N–H and O–H groups in total. The number of H-pyrrole nitrogens is 1. The quantitative estimate of drug-likeness (QED) is 0.314. The Balaban J connectivity index is 1.07. The Hall–Kier alpha value is -4.97. The molecule has 1 amide bonds. The Morgan fingerprint density at radius 2 is 1.84 bits per heavy atom. The first-order chi connectivity index (χ1) is 20.7. The Labute approximate surface area is 250 Å². The van der Waals surface area contributed by atoms with Crippen LogP contribution in [0.3, 0.4) is 0 Å². The first kappa shape index (κ1) is 26.9. The normalized spacial score (nSPS) is 15.4. The number of hydrogen-bond donors (Lipinski definition) is 2. The van der Waals surface area contributed by atoms with Gasteiger partial charge in [-0.25, -0.2) is 9.78 Å². The average Bonchev–Trinajstić information content (AvgIpc) is 3.48. The lowest BCUT2D eigenvalue weighted by Crippen LogP contribution is -2.34. The Bertz CT molecular complexity index is 2020. The highest BCUT2D eigenvalue weighted by Crippen LogP contribution is 2.35. The minimum absolute atomic E-state index is 0.0746. The second-order valence-electron chi connectivity index (χ2n) is 10.9. The van der Waals surface area contributed by atoms with Gasteiger partial charge in [0.15, 0.2) is 11.6 Å². The minimum atomic E-state index is -0.525. The lowest BCUT2D eigenvalue weighted by Gasteiger charge is -2.32. The number of nitrogens with one attached hydrogen (secondary N) is 2. The second-order valence-corrected chi connectivity index (χ2v) is 11.3. The number of carbonyl (C=O) groups is 1. The molecule has 3 aromatic heterocycles. The van der Waals surface area contributed by atoms with E-state index in [1.54, 1.807) is 22.8 Å². The van der Waals surface area contributed by atoms with Gasteiger partial charge in [-0.3, -0.25) is 23.8 Å². The number of aromatic nitrogens is 6. The molecule has 0 saturated carbocycles. The molecule has 2 aliphatic heterocycles. The summed E-state index contributed by atoms with van der Waals surface area (Å²) in [6, 6.07) is 13.3. The van der Waals surface area contributed by atoms with E-state index in [9.17, 15) is 14.4 Å². The van der Waals surface area contributed by atoms with Crippen LogP contribution in [0.5, 0.6) is 0 Å². The van der Waals surface area contributed by atoms with E-state index in [0.29, 0.717) is 34.9 Å². The highest BCUT2D eigenvalue weighted by Gasteiger charge is 2.26. The van der Waals surface area contributed by atoms with Crippen LogP contribution in [0.1, 0.15) is 29.9 Å². The van der Waals surface area contributed by atoms with E-state index in [2.05, 4.69) is 37.4 Å². The van der Waals surface area contributed by atoms with E-state index >= 15 is 0 Å². The molecule has 0 bridgehead atoms. The zero-order valence-corrected chi connectivity index (χ0v) is 24.3. The van der Waals surface area contributed by atoms with Crippen molar-refractivity contribution in [1.29, 1.82) is 0 Å². The summed E-state index contributed by atoms with van der Waals surface area (Å²) in [5.74, 6) is 2.02. The summed E-state index contributed by atoms with van der Waals surface area (Å²) >= 11 is 6.46. The van der Waals surface area contributed by atoms with Gasteiger partial charge in [0.1, 0.15) is 5.02 Å². The highest BCUT2D eigenvalue weighted by atomic mass is 35.5. The number of fused-ring (bicyclic) bond motifs is 2. The van der Waals surface area contributed by atoms with Crippen LogP contribution in [-0.2, 0) is 18.3 Å². The van der Waals surface area contributed by atoms with Gasteiger partial charge in [0, 0.05) is 56.2 Å². The van der Waals surface area contributed by atoms with Crippen molar-refractivity contribution in [3.63, 3.8) is 0 Å². The van der Waals surface area contributed by atoms with Crippen LogP contribution in [0.2, 0.25) is 5.02 Å². The van der Waals surface area contributed by atoms with Crippen molar-refractivity contribution >= 4 is 51.6 Å². The molecule has 218 valence electrons. The summed E-state index contributed by atoms with van der Waals surface area (Å²) in [5, 5.41) is 9.10. The number of likely N-dealkylation sites (N-methyl/N-ethyl adjacent to an activating group) is 1. The number of amides is 1. The van der Waals surface area contributed by atoms with Crippen LogP contribution in [0, 0.1) is 0 Å². The third-order valence-corrected chi connectivity index (χ3v) is 8.58. The summed E-state index contributed by atoms with van der Waals surface area (Å²) < 4.78 is 3.11. The summed E-state index contributed by atoms with van der Waals surface area (Å²) in [6.45, 7) is 1.56. The largest absolute Gasteiger partial charge is 0.341 e. The molecule has 2 aromatic carbocycles. The number of aromatic amines is 1. The van der Waals surface area contributed by atoms with Crippen molar-refractivity contribution in [3.05, 3.63) is 91.8 Å². The fraction of sp³-hybridized carbons (Fsp3) is 0.267. The fourth-order valence-corrected chi connectivity index (χ4v) is 6.10. The summed E-state index contributed by atoms with van der Waals surface area (Å²) in [7, 11) is 3.63. The maximum Gasteiger partial charge on any atom is 0.334 e. The van der Waals surface area contributed by atoms with Crippen LogP contribution < -0.4 is 26.4 Å². The van der Waals surface area contributed by atoms with Crippen molar-refractivity contribution in [2.75, 3.05) is 35.3 Å². The van der Waals surface area contributed by atoms with Crippen LogP contribution in [0.4, 0.5) is 23.1 Å². The summed E-state index contributed by atoms with van der Waals surface area (Å²) in [4.78, 5) is 51.3. The highest BCUT2D eigenvalue weighted by molar-refractivity contribution is 6.32. The smallest absolute Gasteiger partial charge is 0.334 e. The molecule has 12 nitrogen and oxygen atoms in total. The first-order valence-electron chi connectivity index (χ1n) is 14.0. The summed E-state index contributed by atoms with van der Waals surface area (Å²) in [5.41, 5.74) is 3.84. The lowest BCUT2D eigenvalue weighted by atomic mass is 9.89. The SMILES string of the molecule is CN1C(=O)Cc2cc(Nc3nc(N4CCC(c5ccc6c(-n7ccc(=O)[nH]c7=O)nn(C)c6c5)CC4)ncc3Cl)ccc21. The molecule has 13 heteroatoms.